The second-order valence-corrected chi connectivity index (χ2v) is 5.75. The smallest absolute Gasteiger partial charge is 0.340 e. The maximum atomic E-state index is 11.5. The number of aliphatic hydroxyl groups is 1. The second kappa shape index (κ2) is 12.4. The third-order valence-corrected chi connectivity index (χ3v) is 3.73. The van der Waals surface area contributed by atoms with Gasteiger partial charge in [0.15, 0.2) is 0 Å². The van der Waals surface area contributed by atoms with Crippen LogP contribution < -0.4 is 5.73 Å². The molecule has 0 rings (SSSR count). The Labute approximate surface area is 133 Å². The third kappa shape index (κ3) is 8.34. The number of nitrogens with two attached hydrogens (primary N) is 1. The van der Waals surface area contributed by atoms with Crippen LogP contribution in [-0.2, 0) is 14.3 Å². The number of ether oxygens (including phenoxy) is 1. The zero-order valence-electron chi connectivity index (χ0n) is 13.7. The Hall–Kier alpha value is -1.14. The first-order valence-corrected chi connectivity index (χ1v) is 8.29. The molecule has 0 aromatic rings. The number of aliphatic hydroxyl groups excluding tert-OH is 1. The van der Waals surface area contributed by atoms with E-state index in [1.165, 1.54) is 44.9 Å². The molecule has 0 spiro atoms. The van der Waals surface area contributed by atoms with E-state index in [9.17, 15) is 9.59 Å². The van der Waals surface area contributed by atoms with Crippen LogP contribution in [0, 0.1) is 0 Å². The molecule has 1 unspecified atom stereocenters. The minimum absolute atomic E-state index is 0.140. The molecule has 4 N–H and O–H groups in total. The molecule has 0 bridgehead atoms. The number of carbonyl (C=O) groups is 2. The van der Waals surface area contributed by atoms with Crippen molar-refractivity contribution in [1.82, 2.24) is 0 Å². The lowest BCUT2D eigenvalue weighted by molar-refractivity contribution is -0.163. The largest absolute Gasteiger partial charge is 0.479 e. The van der Waals surface area contributed by atoms with E-state index in [4.69, 9.17) is 20.7 Å². The summed E-state index contributed by atoms with van der Waals surface area (Å²) in [6.07, 6.45) is 11.6. The van der Waals surface area contributed by atoms with Gasteiger partial charge in [0.2, 0.25) is 5.54 Å². The summed E-state index contributed by atoms with van der Waals surface area (Å²) in [4.78, 5) is 22.3. The van der Waals surface area contributed by atoms with E-state index in [1.54, 1.807) is 0 Å². The summed E-state index contributed by atoms with van der Waals surface area (Å²) in [5.74, 6) is -2.67. The minimum Gasteiger partial charge on any atom is -0.479 e. The highest BCUT2D eigenvalue weighted by Gasteiger charge is 2.43. The van der Waals surface area contributed by atoms with Gasteiger partial charge in [-0.25, -0.2) is 9.59 Å². The van der Waals surface area contributed by atoms with Crippen molar-refractivity contribution in [2.24, 2.45) is 5.73 Å². The van der Waals surface area contributed by atoms with Gasteiger partial charge in [-0.05, 0) is 6.42 Å². The van der Waals surface area contributed by atoms with Gasteiger partial charge in [0, 0.05) is 0 Å². The van der Waals surface area contributed by atoms with Crippen molar-refractivity contribution >= 4 is 11.9 Å². The molecule has 0 saturated carbocycles. The monoisotopic (exact) mass is 317 g/mol. The predicted molar refractivity (Wildman–Crippen MR) is 84.4 cm³/mol. The van der Waals surface area contributed by atoms with E-state index in [0.717, 1.165) is 12.8 Å². The van der Waals surface area contributed by atoms with E-state index in [1.807, 2.05) is 0 Å². The van der Waals surface area contributed by atoms with Gasteiger partial charge < -0.3 is 20.7 Å². The average molecular weight is 317 g/mol. The van der Waals surface area contributed by atoms with E-state index in [0.29, 0.717) is 6.42 Å². The number of hydrogen-bond donors (Lipinski definition) is 3. The summed E-state index contributed by atoms with van der Waals surface area (Å²) >= 11 is 0. The molecule has 6 heteroatoms. The van der Waals surface area contributed by atoms with E-state index < -0.39 is 24.1 Å². The van der Waals surface area contributed by atoms with Crippen molar-refractivity contribution < 1.29 is 24.5 Å². The summed E-state index contributed by atoms with van der Waals surface area (Å²) in [5.41, 5.74) is 2.94. The molecular formula is C16H31NO5. The first-order valence-electron chi connectivity index (χ1n) is 8.29. The van der Waals surface area contributed by atoms with Crippen molar-refractivity contribution in [1.29, 1.82) is 0 Å². The fraction of sp³-hybridized carbons (Fsp3) is 0.875. The lowest BCUT2D eigenvalue weighted by atomic mass is 10.0. The standard InChI is InChI=1S/C16H31NO5/c1-2-3-4-5-6-7-8-9-10-11-12-22-15(21)16(17,13-18)14(19)20/h18H,2-13,17H2,1H3,(H,19,20). The zero-order valence-corrected chi connectivity index (χ0v) is 13.7. The fourth-order valence-corrected chi connectivity index (χ4v) is 2.10. The normalized spacial score (nSPS) is 13.6. The van der Waals surface area contributed by atoms with E-state index >= 15 is 0 Å². The molecule has 0 aliphatic carbocycles. The highest BCUT2D eigenvalue weighted by atomic mass is 16.5. The molecule has 0 fully saturated rings. The Morgan fingerprint density at radius 2 is 1.41 bits per heavy atom. The summed E-state index contributed by atoms with van der Waals surface area (Å²) in [5, 5.41) is 17.7. The molecule has 1 atom stereocenters. The van der Waals surface area contributed by atoms with Crippen LogP contribution in [0.25, 0.3) is 0 Å². The summed E-state index contributed by atoms with van der Waals surface area (Å²) in [6, 6.07) is 0. The molecule has 0 amide bonds. The van der Waals surface area contributed by atoms with Gasteiger partial charge in [-0.2, -0.15) is 0 Å². The van der Waals surface area contributed by atoms with Crippen LogP contribution in [0.5, 0.6) is 0 Å². The number of esters is 1. The highest BCUT2D eigenvalue weighted by molar-refractivity contribution is 6.04. The van der Waals surface area contributed by atoms with Crippen LogP contribution >= 0.6 is 0 Å². The summed E-state index contributed by atoms with van der Waals surface area (Å²) < 4.78 is 4.83. The van der Waals surface area contributed by atoms with Crippen molar-refractivity contribution in [2.75, 3.05) is 13.2 Å². The van der Waals surface area contributed by atoms with Crippen LogP contribution in [0.4, 0.5) is 0 Å². The van der Waals surface area contributed by atoms with Gasteiger partial charge in [0.1, 0.15) is 0 Å². The molecule has 0 heterocycles. The maximum absolute atomic E-state index is 11.5. The molecule has 130 valence electrons. The SMILES string of the molecule is CCCCCCCCCCCCOC(=O)C(N)(CO)C(=O)O. The number of unbranched alkanes of at least 4 members (excludes halogenated alkanes) is 9. The zero-order chi connectivity index (χ0) is 16.8. The van der Waals surface area contributed by atoms with Crippen molar-refractivity contribution in [3.05, 3.63) is 0 Å². The first-order chi connectivity index (χ1) is 10.5. The van der Waals surface area contributed by atoms with Gasteiger partial charge in [-0.1, -0.05) is 64.7 Å². The molecule has 22 heavy (non-hydrogen) atoms. The Kier molecular flexibility index (Phi) is 11.8. The lowest BCUT2D eigenvalue weighted by Crippen LogP contribution is -2.58. The molecule has 0 aromatic carbocycles. The predicted octanol–water partition coefficient (Wildman–Crippen LogP) is 2.22. The van der Waals surface area contributed by atoms with Gasteiger partial charge in [0.05, 0.1) is 13.2 Å². The van der Waals surface area contributed by atoms with E-state index in [2.05, 4.69) is 6.92 Å². The number of carboxylic acids is 1. The van der Waals surface area contributed by atoms with Gasteiger partial charge in [0.25, 0.3) is 0 Å². The topological polar surface area (TPSA) is 110 Å². The first kappa shape index (κ1) is 20.9. The van der Waals surface area contributed by atoms with Crippen LogP contribution in [-0.4, -0.2) is 40.9 Å². The average Bonchev–Trinajstić information content (AvgIpc) is 2.51. The molecule has 0 radical (unpaired) electrons. The molecule has 6 nitrogen and oxygen atoms in total. The van der Waals surface area contributed by atoms with Crippen LogP contribution in [0.2, 0.25) is 0 Å². The van der Waals surface area contributed by atoms with Crippen molar-refractivity contribution in [3.63, 3.8) is 0 Å². The van der Waals surface area contributed by atoms with Crippen LogP contribution in [0.15, 0.2) is 0 Å². The highest BCUT2D eigenvalue weighted by Crippen LogP contribution is 2.11. The second-order valence-electron chi connectivity index (χ2n) is 5.75. The molecule has 0 aliphatic rings. The third-order valence-electron chi connectivity index (χ3n) is 3.73. The number of carbonyl (C=O) groups excluding carboxylic acids is 1. The van der Waals surface area contributed by atoms with Crippen LogP contribution in [0.1, 0.15) is 71.1 Å². The quantitative estimate of drug-likeness (QED) is 0.257. The number of hydrogen-bond acceptors (Lipinski definition) is 5. The number of carboxylic acid groups (broad SMARTS) is 1. The fourth-order valence-electron chi connectivity index (χ4n) is 2.10. The molecule has 0 saturated heterocycles. The minimum atomic E-state index is -2.35. The molecule has 0 aliphatic heterocycles. The lowest BCUT2D eigenvalue weighted by Gasteiger charge is -2.19. The molecule has 0 aromatic heterocycles. The Balaban J connectivity index is 3.54. The summed E-state index contributed by atoms with van der Waals surface area (Å²) in [7, 11) is 0. The molecular weight excluding hydrogens is 286 g/mol. The Bertz CT molecular complexity index is 322. The van der Waals surface area contributed by atoms with Gasteiger partial charge in [-0.15, -0.1) is 0 Å². The number of rotatable bonds is 14. The van der Waals surface area contributed by atoms with Crippen molar-refractivity contribution in [3.8, 4) is 0 Å². The van der Waals surface area contributed by atoms with Crippen LogP contribution in [0.3, 0.4) is 0 Å². The van der Waals surface area contributed by atoms with E-state index in [-0.39, 0.29) is 6.61 Å². The maximum Gasteiger partial charge on any atom is 0.340 e. The van der Waals surface area contributed by atoms with Gasteiger partial charge >= 0.3 is 11.9 Å². The summed E-state index contributed by atoms with van der Waals surface area (Å²) in [6.45, 7) is 1.37. The Morgan fingerprint density at radius 3 is 1.82 bits per heavy atom. The number of aliphatic carboxylic acids is 1. The van der Waals surface area contributed by atoms with Crippen molar-refractivity contribution in [2.45, 2.75) is 76.7 Å². The van der Waals surface area contributed by atoms with Gasteiger partial charge in [-0.3, -0.25) is 0 Å². The Morgan fingerprint density at radius 1 is 0.955 bits per heavy atom.